The van der Waals surface area contributed by atoms with Crippen LogP contribution in [-0.4, -0.2) is 23.5 Å². The average molecular weight is 251 g/mol. The number of rotatable bonds is 3. The highest BCUT2D eigenvalue weighted by atomic mass is 32.2. The van der Waals surface area contributed by atoms with Gasteiger partial charge in [0.15, 0.2) is 4.90 Å². The number of benzene rings is 1. The van der Waals surface area contributed by atoms with E-state index in [1.165, 1.54) is 6.07 Å². The van der Waals surface area contributed by atoms with E-state index in [9.17, 15) is 17.7 Å². The van der Waals surface area contributed by atoms with Gasteiger partial charge in [-0.15, -0.1) is 0 Å². The van der Waals surface area contributed by atoms with Gasteiger partial charge in [0.25, 0.3) is 0 Å². The van der Waals surface area contributed by atoms with E-state index in [1.807, 2.05) is 0 Å². The number of hydrogen-bond donors (Lipinski definition) is 1. The van der Waals surface area contributed by atoms with Gasteiger partial charge in [0.2, 0.25) is 5.75 Å². The molecule has 0 aliphatic carbocycles. The molecular weight excluding hydrogens is 239 g/mol. The summed E-state index contributed by atoms with van der Waals surface area (Å²) in [6, 6.07) is 4.86. The molecule has 0 saturated heterocycles. The second-order valence-corrected chi connectivity index (χ2v) is 4.75. The van der Waals surface area contributed by atoms with Gasteiger partial charge in [-0.05, 0) is 24.2 Å². The molecule has 1 rings (SSSR count). The molecule has 0 spiro atoms. The maximum Gasteiger partial charge on any atom is 0.433 e. The van der Waals surface area contributed by atoms with E-state index >= 15 is 0 Å². The number of nitrogens with one attached hydrogen (secondary N) is 1. The summed E-state index contributed by atoms with van der Waals surface area (Å²) in [5.41, 5.74) is 1.25. The Morgan fingerprint density at radius 2 is 2.00 bits per heavy atom. The molecule has 90 valence electrons. The van der Waals surface area contributed by atoms with E-state index < -0.39 is 23.1 Å². The van der Waals surface area contributed by atoms with E-state index in [4.69, 9.17) is 0 Å². The van der Waals surface area contributed by atoms with Crippen molar-refractivity contribution in [3.05, 3.63) is 23.8 Å². The summed E-state index contributed by atoms with van der Waals surface area (Å²) in [6.07, 6.45) is -4.41. The van der Waals surface area contributed by atoms with Crippen molar-refractivity contribution in [3.63, 3.8) is 0 Å². The molecule has 0 heterocycles. The van der Waals surface area contributed by atoms with Crippen molar-refractivity contribution in [3.8, 4) is 0 Å². The third kappa shape index (κ3) is 3.61. The highest BCUT2D eigenvalue weighted by molar-refractivity contribution is 7.91. The van der Waals surface area contributed by atoms with Crippen LogP contribution in [0.3, 0.4) is 0 Å². The molecule has 1 aromatic rings. The number of aryl methyl sites for hydroxylation is 1. The number of hydrogen-bond acceptors (Lipinski definition) is 2. The molecule has 0 bridgehead atoms. The van der Waals surface area contributed by atoms with Crippen molar-refractivity contribution in [2.24, 2.45) is 0 Å². The lowest BCUT2D eigenvalue weighted by atomic mass is 10.2. The standard InChI is InChI=1S/C10H12F3NOS/c1-7-3-4-8(14-2)5-9(7)16(15)6-10(11,12)13/h3-5,14H,6H2,1-2H3. The van der Waals surface area contributed by atoms with Crippen LogP contribution in [0.15, 0.2) is 23.1 Å². The summed E-state index contributed by atoms with van der Waals surface area (Å²) in [5, 5.41) is 2.80. The Kier molecular flexibility index (Phi) is 4.09. The van der Waals surface area contributed by atoms with E-state index in [2.05, 4.69) is 5.32 Å². The Labute approximate surface area is 95.0 Å². The first kappa shape index (κ1) is 13.2. The summed E-state index contributed by atoms with van der Waals surface area (Å²) in [4.78, 5) is 0.226. The number of halogens is 3. The minimum absolute atomic E-state index is 0.226. The van der Waals surface area contributed by atoms with Gasteiger partial charge in [0.05, 0.1) is 0 Å². The van der Waals surface area contributed by atoms with Crippen LogP contribution in [0.4, 0.5) is 18.9 Å². The van der Waals surface area contributed by atoms with Crippen LogP contribution < -0.4 is 5.32 Å². The molecule has 1 aromatic carbocycles. The number of anilines is 1. The van der Waals surface area contributed by atoms with Gasteiger partial charge >= 0.3 is 6.18 Å². The van der Waals surface area contributed by atoms with Crippen LogP contribution in [-0.2, 0) is 11.2 Å². The second-order valence-electron chi connectivity index (χ2n) is 3.34. The Morgan fingerprint density at radius 3 is 2.50 bits per heavy atom. The molecule has 6 heteroatoms. The summed E-state index contributed by atoms with van der Waals surface area (Å²) in [5.74, 6) is -1.30. The molecule has 0 amide bonds. The topological polar surface area (TPSA) is 35.1 Å². The fourth-order valence-electron chi connectivity index (χ4n) is 1.23. The van der Waals surface area contributed by atoms with Crippen LogP contribution in [0.5, 0.6) is 0 Å². The van der Waals surface area contributed by atoms with Gasteiger partial charge < -0.3 is 9.87 Å². The quantitative estimate of drug-likeness (QED) is 0.838. The van der Waals surface area contributed by atoms with E-state index in [1.54, 1.807) is 26.1 Å². The second kappa shape index (κ2) is 4.97. The fraction of sp³-hybridized carbons (Fsp3) is 0.400. The van der Waals surface area contributed by atoms with Crippen LogP contribution in [0, 0.1) is 6.92 Å². The molecule has 2 nitrogen and oxygen atoms in total. The third-order valence-corrected chi connectivity index (χ3v) is 3.54. The molecular formula is C10H12F3NOS. The minimum atomic E-state index is -4.41. The monoisotopic (exact) mass is 251 g/mol. The Bertz CT molecular complexity index is 368. The summed E-state index contributed by atoms with van der Waals surface area (Å²) in [6.45, 7) is 1.64. The Hall–Kier alpha value is -0.880. The molecule has 0 aromatic heterocycles. The minimum Gasteiger partial charge on any atom is -0.611 e. The van der Waals surface area contributed by atoms with Crippen molar-refractivity contribution in [2.45, 2.75) is 18.0 Å². The summed E-state index contributed by atoms with van der Waals surface area (Å²) >= 11 is -2.04. The van der Waals surface area contributed by atoms with E-state index in [0.29, 0.717) is 11.3 Å². The summed E-state index contributed by atoms with van der Waals surface area (Å²) in [7, 11) is 1.65. The highest BCUT2D eigenvalue weighted by Crippen LogP contribution is 2.26. The predicted octanol–water partition coefficient (Wildman–Crippen LogP) is 2.71. The molecule has 1 N–H and O–H groups in total. The molecule has 1 atom stereocenters. The van der Waals surface area contributed by atoms with Gasteiger partial charge in [-0.2, -0.15) is 13.2 Å². The van der Waals surface area contributed by atoms with Gasteiger partial charge in [0.1, 0.15) is 0 Å². The van der Waals surface area contributed by atoms with Crippen molar-refractivity contribution in [1.82, 2.24) is 0 Å². The predicted molar refractivity (Wildman–Crippen MR) is 58.1 cm³/mol. The molecule has 0 fully saturated rings. The zero-order valence-corrected chi connectivity index (χ0v) is 9.71. The lowest BCUT2D eigenvalue weighted by Crippen LogP contribution is -2.23. The van der Waals surface area contributed by atoms with Gasteiger partial charge in [-0.3, -0.25) is 0 Å². The van der Waals surface area contributed by atoms with Crippen molar-refractivity contribution >= 4 is 16.9 Å². The van der Waals surface area contributed by atoms with Crippen LogP contribution in [0.1, 0.15) is 5.56 Å². The SMILES string of the molecule is CNc1ccc(C)c([S+]([O-])CC(F)(F)F)c1. The normalized spacial score (nSPS) is 13.6. The zero-order valence-electron chi connectivity index (χ0n) is 8.89. The van der Waals surface area contributed by atoms with E-state index in [-0.39, 0.29) is 4.90 Å². The first-order valence-electron chi connectivity index (χ1n) is 4.57. The molecule has 0 radical (unpaired) electrons. The van der Waals surface area contributed by atoms with Crippen LogP contribution in [0.2, 0.25) is 0 Å². The van der Waals surface area contributed by atoms with Gasteiger partial charge in [-0.25, -0.2) is 0 Å². The van der Waals surface area contributed by atoms with Crippen LogP contribution >= 0.6 is 0 Å². The molecule has 0 aliphatic rings. The van der Waals surface area contributed by atoms with Crippen LogP contribution in [0.25, 0.3) is 0 Å². The smallest absolute Gasteiger partial charge is 0.433 e. The van der Waals surface area contributed by atoms with Gasteiger partial charge in [0, 0.05) is 24.4 Å². The largest absolute Gasteiger partial charge is 0.611 e. The fourth-order valence-corrected chi connectivity index (χ4v) is 2.37. The summed E-state index contributed by atoms with van der Waals surface area (Å²) < 4.78 is 47.8. The average Bonchev–Trinajstić information content (AvgIpc) is 2.15. The molecule has 16 heavy (non-hydrogen) atoms. The lowest BCUT2D eigenvalue weighted by molar-refractivity contribution is -0.106. The first-order chi connectivity index (χ1) is 7.33. The highest BCUT2D eigenvalue weighted by Gasteiger charge is 2.36. The van der Waals surface area contributed by atoms with E-state index in [0.717, 1.165) is 0 Å². The third-order valence-electron chi connectivity index (χ3n) is 2.02. The maximum absolute atomic E-state index is 12.1. The Balaban J connectivity index is 2.93. The van der Waals surface area contributed by atoms with Crippen molar-refractivity contribution in [1.29, 1.82) is 0 Å². The maximum atomic E-state index is 12.1. The van der Waals surface area contributed by atoms with Gasteiger partial charge in [-0.1, -0.05) is 6.07 Å². The van der Waals surface area contributed by atoms with Crippen molar-refractivity contribution in [2.75, 3.05) is 18.1 Å². The number of alkyl halides is 3. The molecule has 0 saturated carbocycles. The lowest BCUT2D eigenvalue weighted by Gasteiger charge is -2.15. The zero-order chi connectivity index (χ0) is 12.3. The first-order valence-corrected chi connectivity index (χ1v) is 5.89. The molecule has 1 unspecified atom stereocenters. The Morgan fingerprint density at radius 1 is 1.38 bits per heavy atom. The molecule has 0 aliphatic heterocycles. The van der Waals surface area contributed by atoms with Crippen molar-refractivity contribution < 1.29 is 17.7 Å².